The van der Waals surface area contributed by atoms with Gasteiger partial charge in [0.25, 0.3) is 9.84 Å². The molecule has 1 fully saturated rings. The van der Waals surface area contributed by atoms with Crippen LogP contribution in [0.15, 0.2) is 160 Å². The third kappa shape index (κ3) is 11.2. The monoisotopic (exact) mass is 1030 g/mol. The van der Waals surface area contributed by atoms with Gasteiger partial charge in [-0.05, 0) is 140 Å². The average molecular weight is 1030 g/mol. The Bertz CT molecular complexity index is 3100. The van der Waals surface area contributed by atoms with Crippen molar-refractivity contribution in [3.8, 4) is 28.1 Å². The van der Waals surface area contributed by atoms with E-state index in [0.29, 0.717) is 66.0 Å². The minimum Gasteiger partial charge on any atom is -0.478 e. The number of aromatic nitrogens is 1. The maximum absolute atomic E-state index is 14.2. The second kappa shape index (κ2) is 21.6. The highest BCUT2D eigenvalue weighted by Crippen LogP contribution is 2.42. The largest absolute Gasteiger partial charge is 0.501 e. The molecule has 11 nitrogen and oxygen atoms in total. The zero-order valence-electron chi connectivity index (χ0n) is 37.9. The predicted octanol–water partition coefficient (Wildman–Crippen LogP) is 12.7. The molecule has 0 amide bonds. The number of nitrogens with one attached hydrogen (secondary N) is 2. The number of carbonyl (C=O) groups excluding carboxylic acids is 1. The Morgan fingerprint density at radius 3 is 2.09 bits per heavy atom. The lowest BCUT2D eigenvalue weighted by Crippen LogP contribution is -2.46. The van der Waals surface area contributed by atoms with Gasteiger partial charge in [0.2, 0.25) is 0 Å². The van der Waals surface area contributed by atoms with Crippen LogP contribution >= 0.6 is 35.3 Å². The van der Waals surface area contributed by atoms with Gasteiger partial charge in [-0.3, -0.25) is 0 Å². The summed E-state index contributed by atoms with van der Waals surface area (Å²) in [6, 6.07) is 42.4. The van der Waals surface area contributed by atoms with Crippen LogP contribution < -0.4 is 24.6 Å². The number of alkyl halides is 3. The molecule has 1 aromatic heterocycles. The second-order valence-electron chi connectivity index (χ2n) is 16.1. The summed E-state index contributed by atoms with van der Waals surface area (Å²) >= 11 is 8.83. The Labute approximate surface area is 417 Å². The maximum atomic E-state index is 14.2. The summed E-state index contributed by atoms with van der Waals surface area (Å²) in [5.41, 5.74) is 1.43. The number of carboxylic acids is 1. The number of piperazine rings is 1. The number of nitrogens with zero attached hydrogens (tertiary/aromatic N) is 3. The molecular formula is C52H47ClF3N5O6S3. The molecule has 0 saturated carbocycles. The van der Waals surface area contributed by atoms with Crippen molar-refractivity contribution in [1.29, 1.82) is 0 Å². The molecule has 0 unspecified atom stereocenters. The van der Waals surface area contributed by atoms with Crippen LogP contribution in [0, 0.1) is 6.92 Å². The molecule has 7 aromatic rings. The number of halogens is 4. The van der Waals surface area contributed by atoms with E-state index in [1.54, 1.807) is 6.07 Å². The number of anilines is 4. The van der Waals surface area contributed by atoms with Gasteiger partial charge in [-0.2, -0.15) is 13.2 Å². The first-order valence-corrected chi connectivity index (χ1v) is 25.8. The van der Waals surface area contributed by atoms with E-state index in [4.69, 9.17) is 16.3 Å². The van der Waals surface area contributed by atoms with Gasteiger partial charge in [-0.25, -0.2) is 18.0 Å². The summed E-state index contributed by atoms with van der Waals surface area (Å²) in [6.07, 6.45) is 0. The molecule has 1 saturated heterocycles. The predicted molar refractivity (Wildman–Crippen MR) is 275 cm³/mol. The van der Waals surface area contributed by atoms with Crippen LogP contribution in [0.25, 0.3) is 22.4 Å². The van der Waals surface area contributed by atoms with Gasteiger partial charge >= 0.3 is 17.4 Å². The van der Waals surface area contributed by atoms with Gasteiger partial charge in [0.05, 0.1) is 22.5 Å². The summed E-state index contributed by atoms with van der Waals surface area (Å²) in [4.78, 5) is 30.7. The number of ether oxygens (including phenoxy) is 1. The molecule has 362 valence electrons. The highest BCUT2D eigenvalue weighted by molar-refractivity contribution is 8.00. The van der Waals surface area contributed by atoms with Gasteiger partial charge in [0, 0.05) is 88.2 Å². The molecule has 6 aromatic carbocycles. The first-order valence-electron chi connectivity index (χ1n) is 22.2. The van der Waals surface area contributed by atoms with E-state index >= 15 is 0 Å². The van der Waals surface area contributed by atoms with Gasteiger partial charge in [-0.1, -0.05) is 54.1 Å². The number of thioether (sulfide) groups is 1. The Morgan fingerprint density at radius 1 is 0.771 bits per heavy atom. The number of esters is 1. The highest BCUT2D eigenvalue weighted by Gasteiger charge is 2.48. The lowest BCUT2D eigenvalue weighted by atomic mass is 9.96. The summed E-state index contributed by atoms with van der Waals surface area (Å²) in [6.45, 7) is 7.50. The Kier molecular flexibility index (Phi) is 15.4. The minimum atomic E-state index is -5.64. The first kappa shape index (κ1) is 49.9. The molecule has 18 heteroatoms. The molecule has 0 aliphatic carbocycles. The number of sulfone groups is 1. The van der Waals surface area contributed by atoms with Gasteiger partial charge in [0.15, 0.2) is 0 Å². The zero-order valence-corrected chi connectivity index (χ0v) is 41.1. The third-order valence-corrected chi connectivity index (χ3v) is 15.4. The van der Waals surface area contributed by atoms with Crippen LogP contribution in [0.5, 0.6) is 5.75 Å². The molecule has 0 bridgehead atoms. The van der Waals surface area contributed by atoms with Crippen molar-refractivity contribution >= 4 is 79.8 Å². The van der Waals surface area contributed by atoms with E-state index in [0.717, 1.165) is 51.1 Å². The molecule has 0 atom stereocenters. The Hall–Kier alpha value is -6.53. The van der Waals surface area contributed by atoms with E-state index in [1.807, 2.05) is 111 Å². The zero-order chi connectivity index (χ0) is 49.6. The van der Waals surface area contributed by atoms with E-state index in [2.05, 4.69) is 30.5 Å². The van der Waals surface area contributed by atoms with Crippen LogP contribution in [0.3, 0.4) is 0 Å². The van der Waals surface area contributed by atoms with Crippen molar-refractivity contribution in [2.24, 2.45) is 0 Å². The van der Waals surface area contributed by atoms with E-state index in [9.17, 15) is 36.3 Å². The molecule has 0 spiro atoms. The number of hydrogen-bond donors (Lipinski definition) is 3. The fraction of sp³-hybridized carbons (Fsp3) is 0.192. The van der Waals surface area contributed by atoms with Crippen molar-refractivity contribution in [3.05, 3.63) is 167 Å². The van der Waals surface area contributed by atoms with Crippen LogP contribution in [0.1, 0.15) is 33.3 Å². The van der Waals surface area contributed by atoms with Crippen LogP contribution in [0.2, 0.25) is 5.02 Å². The first-order chi connectivity index (χ1) is 33.6. The lowest BCUT2D eigenvalue weighted by Gasteiger charge is -2.37. The number of carboxylic acid groups (broad SMARTS) is 1. The SMILES string of the molecule is CCn1c(C)c(C(=O)Oc2ccc(C(=O)O)cc2)c(-c2cccc(N3CCN(c4ccc(NSc5ccc(NCCSc6ccccc6)c(S(=O)(=O)C(F)(F)F)c5)cc4)CC3)c2)c1-c1ccc(Cl)cc1. The number of rotatable bonds is 17. The Balaban J connectivity index is 0.949. The van der Waals surface area contributed by atoms with Crippen molar-refractivity contribution in [2.75, 3.05) is 58.3 Å². The number of hydrogen-bond acceptors (Lipinski definition) is 11. The molecule has 1 aliphatic heterocycles. The summed E-state index contributed by atoms with van der Waals surface area (Å²) in [7, 11) is -5.64. The molecule has 8 rings (SSSR count). The number of benzene rings is 6. The van der Waals surface area contributed by atoms with Gasteiger partial charge < -0.3 is 34.2 Å². The number of aromatic carboxylic acids is 1. The normalized spacial score (nSPS) is 13.0. The van der Waals surface area contributed by atoms with Crippen molar-refractivity contribution in [2.45, 2.75) is 40.6 Å². The van der Waals surface area contributed by atoms with Crippen molar-refractivity contribution in [1.82, 2.24) is 4.57 Å². The van der Waals surface area contributed by atoms with Crippen molar-refractivity contribution < 1.29 is 41.0 Å². The molecule has 1 aliphatic rings. The topological polar surface area (TPSA) is 133 Å². The summed E-state index contributed by atoms with van der Waals surface area (Å²) in [5.74, 6) is -0.933. The summed E-state index contributed by atoms with van der Waals surface area (Å²) in [5, 5.41) is 12.8. The quantitative estimate of drug-likeness (QED) is 0.0264. The molecule has 2 heterocycles. The lowest BCUT2D eigenvalue weighted by molar-refractivity contribution is -0.0435. The summed E-state index contributed by atoms with van der Waals surface area (Å²) < 4.78 is 77.9. The van der Waals surface area contributed by atoms with E-state index < -0.39 is 32.2 Å². The number of carbonyl (C=O) groups is 2. The smallest absolute Gasteiger partial charge is 0.478 e. The van der Waals surface area contributed by atoms with E-state index in [1.165, 1.54) is 42.1 Å². The average Bonchev–Trinajstić information content (AvgIpc) is 3.67. The van der Waals surface area contributed by atoms with Crippen LogP contribution in [-0.2, 0) is 16.4 Å². The molecular weight excluding hydrogens is 979 g/mol. The van der Waals surface area contributed by atoms with E-state index in [-0.39, 0.29) is 28.4 Å². The second-order valence-corrected chi connectivity index (χ2v) is 20.5. The maximum Gasteiger partial charge on any atom is 0.501 e. The standard InChI is InChI=1S/C52H47ClF3N5O6S3/c1-3-61-34(2)47(51(64)67-42-22-14-36(15-23-42)50(62)63)48(49(61)35-12-16-38(53)17-13-35)37-8-7-9-41(32-37)60-29-27-59(28-30-60)40-20-18-39(19-21-40)58-69-44-24-25-45(46(33-44)70(65,66)52(54,55)56)57-26-31-68-43-10-5-4-6-11-43/h4-25,32-33,57-58H,3,26-31H2,1-2H3,(H,62,63). The molecule has 70 heavy (non-hydrogen) atoms. The fourth-order valence-electron chi connectivity index (χ4n) is 8.26. The van der Waals surface area contributed by atoms with Gasteiger partial charge in [-0.15, -0.1) is 11.8 Å². The van der Waals surface area contributed by atoms with Crippen LogP contribution in [0.4, 0.5) is 35.9 Å². The molecule has 3 N–H and O–H groups in total. The van der Waals surface area contributed by atoms with Gasteiger partial charge in [0.1, 0.15) is 10.6 Å². The highest BCUT2D eigenvalue weighted by atomic mass is 35.5. The van der Waals surface area contributed by atoms with Crippen molar-refractivity contribution in [3.63, 3.8) is 0 Å². The fourth-order valence-corrected chi connectivity index (χ4v) is 10.9. The minimum absolute atomic E-state index is 0.0746. The third-order valence-electron chi connectivity index (χ3n) is 11.7. The Morgan fingerprint density at radius 2 is 1.44 bits per heavy atom. The molecule has 0 radical (unpaired) electrons. The van der Waals surface area contributed by atoms with Crippen LogP contribution in [-0.4, -0.2) is 74.0 Å².